The first-order valence-electron chi connectivity index (χ1n) is 11.9. The standard InChI is InChI=1S/C27H33FO6/c1-3-19(17-27(28,26(30)31)21-7-5-4-6-8-21)18-33-23-13-15-24(16-14-23)34-25(29)20-9-11-22(32-2)12-10-20/h9-16,19,21H,3-8,17-18H2,1-2H3,(H,30,31)/t19?,27-/m0/s1. The molecule has 184 valence electrons. The number of benzene rings is 2. The maximum absolute atomic E-state index is 15.6. The fourth-order valence-electron chi connectivity index (χ4n) is 4.44. The molecule has 6 nitrogen and oxygen atoms in total. The summed E-state index contributed by atoms with van der Waals surface area (Å²) in [5, 5.41) is 9.66. The number of carboxylic acid groups (broad SMARTS) is 1. The van der Waals surface area contributed by atoms with E-state index in [-0.39, 0.29) is 18.9 Å². The van der Waals surface area contributed by atoms with Gasteiger partial charge in [-0.05, 0) is 80.1 Å². The van der Waals surface area contributed by atoms with Crippen LogP contribution in [0.1, 0.15) is 62.2 Å². The van der Waals surface area contributed by atoms with Crippen molar-refractivity contribution in [3.63, 3.8) is 0 Å². The maximum atomic E-state index is 15.6. The molecule has 1 aliphatic rings. The Balaban J connectivity index is 1.55. The molecule has 2 aromatic rings. The van der Waals surface area contributed by atoms with Crippen LogP contribution >= 0.6 is 0 Å². The summed E-state index contributed by atoms with van der Waals surface area (Å²) in [6.45, 7) is 2.13. The van der Waals surface area contributed by atoms with Gasteiger partial charge in [-0.25, -0.2) is 14.0 Å². The molecule has 1 saturated carbocycles. The van der Waals surface area contributed by atoms with Crippen molar-refractivity contribution in [3.8, 4) is 17.2 Å². The summed E-state index contributed by atoms with van der Waals surface area (Å²) in [5.74, 6) is -0.955. The molecule has 3 rings (SSSR count). The lowest BCUT2D eigenvalue weighted by Crippen LogP contribution is -2.44. The van der Waals surface area contributed by atoms with Crippen LogP contribution in [0.5, 0.6) is 17.2 Å². The fourth-order valence-corrected chi connectivity index (χ4v) is 4.44. The minimum atomic E-state index is -2.22. The summed E-state index contributed by atoms with van der Waals surface area (Å²) in [6.07, 6.45) is 4.61. The number of rotatable bonds is 11. The van der Waals surface area contributed by atoms with Gasteiger partial charge in [0.1, 0.15) is 17.2 Å². The van der Waals surface area contributed by atoms with Crippen LogP contribution in [0.2, 0.25) is 0 Å². The van der Waals surface area contributed by atoms with Crippen molar-refractivity contribution in [1.29, 1.82) is 0 Å². The molecule has 34 heavy (non-hydrogen) atoms. The number of ether oxygens (including phenoxy) is 3. The van der Waals surface area contributed by atoms with E-state index in [0.717, 1.165) is 19.3 Å². The molecule has 0 aliphatic heterocycles. The number of carbonyl (C=O) groups excluding carboxylic acids is 1. The SMILES string of the molecule is CCC(COc1ccc(OC(=O)c2ccc(OC)cc2)cc1)C[C@@](F)(C(=O)O)C1CCCCC1. The van der Waals surface area contributed by atoms with Crippen molar-refractivity contribution in [1.82, 2.24) is 0 Å². The van der Waals surface area contributed by atoms with Gasteiger partial charge in [0.05, 0.1) is 19.3 Å². The number of carboxylic acids is 1. The van der Waals surface area contributed by atoms with Crippen molar-refractivity contribution < 1.29 is 33.3 Å². The molecule has 0 heterocycles. The van der Waals surface area contributed by atoms with Crippen molar-refractivity contribution in [2.24, 2.45) is 11.8 Å². The summed E-state index contributed by atoms with van der Waals surface area (Å²) >= 11 is 0. The van der Waals surface area contributed by atoms with E-state index in [9.17, 15) is 14.7 Å². The number of alkyl halides is 1. The van der Waals surface area contributed by atoms with Gasteiger partial charge in [-0.3, -0.25) is 0 Å². The van der Waals surface area contributed by atoms with Gasteiger partial charge in [0.2, 0.25) is 5.67 Å². The Kier molecular flexibility index (Phi) is 8.91. The third-order valence-electron chi connectivity index (χ3n) is 6.62. The van der Waals surface area contributed by atoms with Crippen LogP contribution in [-0.4, -0.2) is 36.4 Å². The highest BCUT2D eigenvalue weighted by molar-refractivity contribution is 5.91. The first-order chi connectivity index (χ1) is 16.4. The molecule has 2 aromatic carbocycles. The molecule has 1 fully saturated rings. The summed E-state index contributed by atoms with van der Waals surface area (Å²) in [7, 11) is 1.55. The first kappa shape index (κ1) is 25.5. The van der Waals surface area contributed by atoms with Crippen LogP contribution in [0.25, 0.3) is 0 Å². The number of aliphatic carboxylic acids is 1. The highest BCUT2D eigenvalue weighted by Crippen LogP contribution is 2.40. The van der Waals surface area contributed by atoms with E-state index in [2.05, 4.69) is 0 Å². The van der Waals surface area contributed by atoms with Crippen molar-refractivity contribution in [2.45, 2.75) is 57.5 Å². The Morgan fingerprint density at radius 1 is 1.00 bits per heavy atom. The van der Waals surface area contributed by atoms with Crippen LogP contribution in [-0.2, 0) is 4.79 Å². The topological polar surface area (TPSA) is 82.1 Å². The highest BCUT2D eigenvalue weighted by atomic mass is 19.1. The fraction of sp³-hybridized carbons (Fsp3) is 0.481. The molecule has 2 atom stereocenters. The molecular formula is C27H33FO6. The van der Waals surface area contributed by atoms with E-state index in [1.807, 2.05) is 6.92 Å². The van der Waals surface area contributed by atoms with E-state index in [1.54, 1.807) is 55.6 Å². The zero-order valence-corrected chi connectivity index (χ0v) is 19.8. The van der Waals surface area contributed by atoms with Gasteiger partial charge >= 0.3 is 11.9 Å². The lowest BCUT2D eigenvalue weighted by Gasteiger charge is -2.35. The van der Waals surface area contributed by atoms with Gasteiger partial charge in [-0.15, -0.1) is 0 Å². The van der Waals surface area contributed by atoms with Gasteiger partial charge < -0.3 is 19.3 Å². The number of hydrogen-bond donors (Lipinski definition) is 1. The Morgan fingerprint density at radius 3 is 2.15 bits per heavy atom. The number of esters is 1. The average Bonchev–Trinajstić information content (AvgIpc) is 2.87. The monoisotopic (exact) mass is 472 g/mol. The minimum absolute atomic E-state index is 0.0545. The molecule has 0 bridgehead atoms. The largest absolute Gasteiger partial charge is 0.497 e. The van der Waals surface area contributed by atoms with Crippen molar-refractivity contribution >= 4 is 11.9 Å². The van der Waals surface area contributed by atoms with Crippen LogP contribution < -0.4 is 14.2 Å². The van der Waals surface area contributed by atoms with Gasteiger partial charge in [-0.2, -0.15) is 0 Å². The first-order valence-corrected chi connectivity index (χ1v) is 11.9. The summed E-state index contributed by atoms with van der Waals surface area (Å²) in [6, 6.07) is 13.2. The smallest absolute Gasteiger partial charge is 0.343 e. The van der Waals surface area contributed by atoms with E-state index in [0.29, 0.717) is 42.1 Å². The third-order valence-corrected chi connectivity index (χ3v) is 6.62. The van der Waals surface area contributed by atoms with Gasteiger partial charge in [0, 0.05) is 5.92 Å². The predicted octanol–water partition coefficient (Wildman–Crippen LogP) is 6.08. The van der Waals surface area contributed by atoms with Crippen LogP contribution in [0, 0.1) is 11.8 Å². The Hall–Kier alpha value is -3.09. The van der Waals surface area contributed by atoms with Gasteiger partial charge in [0.25, 0.3) is 0 Å². The highest BCUT2D eigenvalue weighted by Gasteiger charge is 2.47. The van der Waals surface area contributed by atoms with Crippen LogP contribution in [0.15, 0.2) is 48.5 Å². The summed E-state index contributed by atoms with van der Waals surface area (Å²) in [5.41, 5.74) is -1.82. The second-order valence-electron chi connectivity index (χ2n) is 8.88. The van der Waals surface area contributed by atoms with E-state index >= 15 is 4.39 Å². The van der Waals surface area contributed by atoms with E-state index in [4.69, 9.17) is 14.2 Å². The number of carbonyl (C=O) groups is 2. The molecule has 1 unspecified atom stereocenters. The normalized spacial score (nSPS) is 16.8. The molecule has 0 saturated heterocycles. The third kappa shape index (κ3) is 6.49. The van der Waals surface area contributed by atoms with Crippen LogP contribution in [0.3, 0.4) is 0 Å². The molecule has 1 aliphatic carbocycles. The van der Waals surface area contributed by atoms with E-state index < -0.39 is 23.5 Å². The van der Waals surface area contributed by atoms with Crippen molar-refractivity contribution in [3.05, 3.63) is 54.1 Å². The Bertz CT molecular complexity index is 937. The van der Waals surface area contributed by atoms with E-state index in [1.165, 1.54) is 0 Å². The maximum Gasteiger partial charge on any atom is 0.343 e. The Morgan fingerprint density at radius 2 is 1.59 bits per heavy atom. The Labute approximate surface area is 200 Å². The molecule has 0 aromatic heterocycles. The minimum Gasteiger partial charge on any atom is -0.497 e. The van der Waals surface area contributed by atoms with Crippen LogP contribution in [0.4, 0.5) is 4.39 Å². The second-order valence-corrected chi connectivity index (χ2v) is 8.88. The lowest BCUT2D eigenvalue weighted by molar-refractivity contribution is -0.158. The number of hydrogen-bond acceptors (Lipinski definition) is 5. The second kappa shape index (κ2) is 11.9. The summed E-state index contributed by atoms with van der Waals surface area (Å²) in [4.78, 5) is 24.1. The molecule has 7 heteroatoms. The molecule has 0 radical (unpaired) electrons. The zero-order chi connectivity index (χ0) is 24.6. The molecule has 1 N–H and O–H groups in total. The molecule has 0 spiro atoms. The van der Waals surface area contributed by atoms with Crippen molar-refractivity contribution in [2.75, 3.05) is 13.7 Å². The van der Waals surface area contributed by atoms with Gasteiger partial charge in [-0.1, -0.05) is 26.2 Å². The van der Waals surface area contributed by atoms with Gasteiger partial charge in [0.15, 0.2) is 0 Å². The zero-order valence-electron chi connectivity index (χ0n) is 19.8. The number of methoxy groups -OCH3 is 1. The average molecular weight is 473 g/mol. The molecule has 0 amide bonds. The quantitative estimate of drug-likeness (QED) is 0.315. The lowest BCUT2D eigenvalue weighted by atomic mass is 9.74. The molecular weight excluding hydrogens is 439 g/mol. The summed E-state index contributed by atoms with van der Waals surface area (Å²) < 4.78 is 31.9. The number of halogens is 1. The predicted molar refractivity (Wildman–Crippen MR) is 126 cm³/mol.